The average molecular weight is 269 g/mol. The van der Waals surface area contributed by atoms with Gasteiger partial charge in [-0.05, 0) is 43.5 Å². The molecule has 2 rings (SSSR count). The molecule has 1 aromatic rings. The summed E-state index contributed by atoms with van der Waals surface area (Å²) in [6.45, 7) is 4.53. The van der Waals surface area contributed by atoms with Crippen LogP contribution in [0.15, 0.2) is 18.2 Å². The van der Waals surface area contributed by atoms with Gasteiger partial charge in [0.15, 0.2) is 0 Å². The van der Waals surface area contributed by atoms with Gasteiger partial charge in [0.1, 0.15) is 0 Å². The molecule has 0 fully saturated rings. The Morgan fingerprint density at radius 3 is 2.72 bits per heavy atom. The Bertz CT molecular complexity index is 540. The highest BCUT2D eigenvalue weighted by molar-refractivity contribution is 7.87. The summed E-state index contributed by atoms with van der Waals surface area (Å²) in [6.07, 6.45) is 0.731. The van der Waals surface area contributed by atoms with E-state index < -0.39 is 10.2 Å². The molecule has 0 aliphatic carbocycles. The molecule has 0 saturated heterocycles. The lowest BCUT2D eigenvalue weighted by atomic mass is 10.0. The Balaban J connectivity index is 2.21. The van der Waals surface area contributed by atoms with Crippen LogP contribution < -0.4 is 10.5 Å². The Morgan fingerprint density at radius 2 is 2.06 bits per heavy atom. The molecule has 0 aromatic heterocycles. The highest BCUT2D eigenvalue weighted by Crippen LogP contribution is 2.22. The van der Waals surface area contributed by atoms with Crippen molar-refractivity contribution in [3.8, 4) is 0 Å². The number of nitrogens with zero attached hydrogens (tertiary/aromatic N) is 1. The number of benzene rings is 1. The zero-order valence-electron chi connectivity index (χ0n) is 10.7. The van der Waals surface area contributed by atoms with Gasteiger partial charge in [-0.15, -0.1) is 0 Å². The summed E-state index contributed by atoms with van der Waals surface area (Å²) in [4.78, 5) is 0. The number of rotatable bonds is 3. The largest absolute Gasteiger partial charge is 0.399 e. The molecule has 0 saturated carbocycles. The van der Waals surface area contributed by atoms with Crippen molar-refractivity contribution in [2.75, 3.05) is 12.3 Å². The maximum Gasteiger partial charge on any atom is 0.279 e. The van der Waals surface area contributed by atoms with E-state index in [2.05, 4.69) is 4.72 Å². The molecule has 0 radical (unpaired) electrons. The highest BCUT2D eigenvalue weighted by atomic mass is 32.2. The Hall–Kier alpha value is -1.11. The van der Waals surface area contributed by atoms with E-state index in [9.17, 15) is 8.42 Å². The number of hydrogen-bond acceptors (Lipinski definition) is 3. The van der Waals surface area contributed by atoms with E-state index >= 15 is 0 Å². The third-order valence-corrected chi connectivity index (χ3v) is 4.69. The Kier molecular flexibility index (Phi) is 3.61. The van der Waals surface area contributed by atoms with Gasteiger partial charge < -0.3 is 5.73 Å². The quantitative estimate of drug-likeness (QED) is 0.799. The molecule has 1 aliphatic heterocycles. The second-order valence-corrected chi connectivity index (χ2v) is 6.59. The molecule has 1 aromatic carbocycles. The van der Waals surface area contributed by atoms with Gasteiger partial charge in [-0.1, -0.05) is 6.07 Å². The second kappa shape index (κ2) is 4.87. The van der Waals surface area contributed by atoms with Gasteiger partial charge in [-0.25, -0.2) is 0 Å². The molecule has 1 heterocycles. The maximum absolute atomic E-state index is 12.1. The predicted octanol–water partition coefficient (Wildman–Crippen LogP) is 0.870. The first-order chi connectivity index (χ1) is 8.38. The lowest BCUT2D eigenvalue weighted by Crippen LogP contribution is -2.45. The standard InChI is InChI=1S/C12H19N3O2S/c1-9(2)14-18(16,17)15-6-5-10-3-4-12(13)7-11(10)8-15/h3-4,7,9,14H,5-6,8,13H2,1-2H3. The summed E-state index contributed by atoms with van der Waals surface area (Å²) >= 11 is 0. The van der Waals surface area contributed by atoms with Crippen LogP contribution in [0.25, 0.3) is 0 Å². The normalized spacial score (nSPS) is 16.8. The molecule has 3 N–H and O–H groups in total. The number of anilines is 1. The van der Waals surface area contributed by atoms with Crippen molar-refractivity contribution in [2.45, 2.75) is 32.9 Å². The van der Waals surface area contributed by atoms with Gasteiger partial charge in [0.2, 0.25) is 0 Å². The van der Waals surface area contributed by atoms with Crippen LogP contribution in [0.5, 0.6) is 0 Å². The van der Waals surface area contributed by atoms with E-state index in [1.54, 1.807) is 0 Å². The van der Waals surface area contributed by atoms with Crippen molar-refractivity contribution in [3.05, 3.63) is 29.3 Å². The summed E-state index contributed by atoms with van der Waals surface area (Å²) in [7, 11) is -3.40. The molecule has 1 aliphatic rings. The van der Waals surface area contributed by atoms with Crippen molar-refractivity contribution in [2.24, 2.45) is 0 Å². The van der Waals surface area contributed by atoms with Crippen LogP contribution in [0.4, 0.5) is 5.69 Å². The smallest absolute Gasteiger partial charge is 0.279 e. The molecule has 6 heteroatoms. The molecule has 100 valence electrons. The van der Waals surface area contributed by atoms with Gasteiger partial charge in [0.25, 0.3) is 10.2 Å². The van der Waals surface area contributed by atoms with Crippen LogP contribution >= 0.6 is 0 Å². The summed E-state index contributed by atoms with van der Waals surface area (Å²) < 4.78 is 28.2. The molecule has 0 bridgehead atoms. The van der Waals surface area contributed by atoms with Crippen molar-refractivity contribution in [3.63, 3.8) is 0 Å². The molecule has 18 heavy (non-hydrogen) atoms. The van der Waals surface area contributed by atoms with Crippen LogP contribution in [0.2, 0.25) is 0 Å². The summed E-state index contributed by atoms with van der Waals surface area (Å²) in [5, 5.41) is 0. The molecular weight excluding hydrogens is 250 g/mol. The van der Waals surface area contributed by atoms with Crippen molar-refractivity contribution in [1.29, 1.82) is 0 Å². The van der Waals surface area contributed by atoms with Gasteiger partial charge in [0.05, 0.1) is 0 Å². The minimum Gasteiger partial charge on any atom is -0.399 e. The summed E-state index contributed by atoms with van der Waals surface area (Å²) in [6, 6.07) is 5.59. The zero-order chi connectivity index (χ0) is 13.3. The van der Waals surface area contributed by atoms with E-state index in [0.29, 0.717) is 18.8 Å². The molecular formula is C12H19N3O2S. The van der Waals surface area contributed by atoms with Crippen LogP contribution in [-0.4, -0.2) is 25.3 Å². The van der Waals surface area contributed by atoms with Crippen molar-refractivity contribution in [1.82, 2.24) is 9.03 Å². The lowest BCUT2D eigenvalue weighted by Gasteiger charge is -2.29. The minimum absolute atomic E-state index is 0.0998. The van der Waals surface area contributed by atoms with Crippen LogP contribution in [-0.2, 0) is 23.2 Å². The first kappa shape index (κ1) is 13.3. The van der Waals surface area contributed by atoms with Crippen LogP contribution in [0.1, 0.15) is 25.0 Å². The summed E-state index contributed by atoms with van der Waals surface area (Å²) in [5.74, 6) is 0. The van der Waals surface area contributed by atoms with Crippen molar-refractivity contribution < 1.29 is 8.42 Å². The van der Waals surface area contributed by atoms with Gasteiger partial charge >= 0.3 is 0 Å². The van der Waals surface area contributed by atoms with Gasteiger partial charge in [-0.3, -0.25) is 0 Å². The minimum atomic E-state index is -3.40. The summed E-state index contributed by atoms with van der Waals surface area (Å²) in [5.41, 5.74) is 8.58. The van der Waals surface area contributed by atoms with Crippen molar-refractivity contribution >= 4 is 15.9 Å². The number of nitrogens with two attached hydrogens (primary N) is 1. The first-order valence-electron chi connectivity index (χ1n) is 6.03. The molecule has 0 unspecified atom stereocenters. The fourth-order valence-corrected chi connectivity index (χ4v) is 3.51. The van der Waals surface area contributed by atoms with Gasteiger partial charge in [-0.2, -0.15) is 17.4 Å². The van der Waals surface area contributed by atoms with Crippen LogP contribution in [0.3, 0.4) is 0 Å². The van der Waals surface area contributed by atoms with E-state index in [1.165, 1.54) is 9.87 Å². The zero-order valence-corrected chi connectivity index (χ0v) is 11.5. The third-order valence-electron chi connectivity index (χ3n) is 2.93. The highest BCUT2D eigenvalue weighted by Gasteiger charge is 2.26. The fourth-order valence-electron chi connectivity index (χ4n) is 2.13. The van der Waals surface area contributed by atoms with E-state index in [-0.39, 0.29) is 6.04 Å². The number of fused-ring (bicyclic) bond motifs is 1. The fraction of sp³-hybridized carbons (Fsp3) is 0.500. The number of nitrogen functional groups attached to an aromatic ring is 1. The second-order valence-electron chi connectivity index (χ2n) is 4.89. The molecule has 0 spiro atoms. The predicted molar refractivity (Wildman–Crippen MR) is 72.2 cm³/mol. The van der Waals surface area contributed by atoms with E-state index in [4.69, 9.17) is 5.73 Å². The van der Waals surface area contributed by atoms with Crippen LogP contribution in [0, 0.1) is 0 Å². The Morgan fingerprint density at radius 1 is 1.33 bits per heavy atom. The molecule has 5 nitrogen and oxygen atoms in total. The SMILES string of the molecule is CC(C)NS(=O)(=O)N1CCc2ccc(N)cc2C1. The maximum atomic E-state index is 12.1. The number of nitrogens with one attached hydrogen (secondary N) is 1. The topological polar surface area (TPSA) is 75.4 Å². The third kappa shape index (κ3) is 2.82. The Labute approximate surface area is 108 Å². The molecule has 0 amide bonds. The number of hydrogen-bond donors (Lipinski definition) is 2. The van der Waals surface area contributed by atoms with E-state index in [1.807, 2.05) is 32.0 Å². The average Bonchev–Trinajstić information content (AvgIpc) is 2.26. The van der Waals surface area contributed by atoms with E-state index in [0.717, 1.165) is 12.0 Å². The first-order valence-corrected chi connectivity index (χ1v) is 7.47. The van der Waals surface area contributed by atoms with Gasteiger partial charge in [0, 0.05) is 24.8 Å². The molecule has 0 atom stereocenters. The lowest BCUT2D eigenvalue weighted by molar-refractivity contribution is 0.381. The monoisotopic (exact) mass is 269 g/mol.